The first kappa shape index (κ1) is 26.3. The lowest BCUT2D eigenvalue weighted by molar-refractivity contribution is -0.140. The fraction of sp³-hybridized carbons (Fsp3) is 0.129. The number of methoxy groups -OCH3 is 1. The van der Waals surface area contributed by atoms with Crippen LogP contribution in [0.1, 0.15) is 22.5 Å². The van der Waals surface area contributed by atoms with E-state index in [0.29, 0.717) is 22.3 Å². The molecule has 5 aromatic rings. The van der Waals surface area contributed by atoms with E-state index < -0.39 is 11.9 Å². The molecule has 0 fully saturated rings. The summed E-state index contributed by atoms with van der Waals surface area (Å²) in [5, 5.41) is 14.3. The molecular weight excluding hydrogens is 508 g/mol. The third kappa shape index (κ3) is 5.30. The molecule has 0 radical (unpaired) electrons. The number of carbonyl (C=O) groups excluding carboxylic acids is 2. The summed E-state index contributed by atoms with van der Waals surface area (Å²) in [5.41, 5.74) is 2.38. The first-order chi connectivity index (χ1) is 19.5. The Balaban J connectivity index is 1.79. The van der Waals surface area contributed by atoms with E-state index in [9.17, 15) is 19.5 Å². The van der Waals surface area contributed by atoms with Crippen LogP contribution in [-0.4, -0.2) is 45.2 Å². The number of hydrogen-bond acceptors (Lipinski definition) is 7. The molecule has 40 heavy (non-hydrogen) atoms. The smallest absolute Gasteiger partial charge is 0.307 e. The zero-order valence-corrected chi connectivity index (χ0v) is 21.7. The van der Waals surface area contributed by atoms with E-state index in [2.05, 4.69) is 20.0 Å². The van der Waals surface area contributed by atoms with Crippen molar-refractivity contribution < 1.29 is 19.4 Å². The Labute approximate surface area is 229 Å². The van der Waals surface area contributed by atoms with Gasteiger partial charge in [0.1, 0.15) is 5.69 Å². The van der Waals surface area contributed by atoms with Crippen LogP contribution in [0.5, 0.6) is 5.75 Å². The maximum Gasteiger partial charge on any atom is 0.307 e. The minimum atomic E-state index is -0.678. The molecule has 200 valence electrons. The minimum Gasteiger partial charge on any atom is -0.505 e. The van der Waals surface area contributed by atoms with Gasteiger partial charge < -0.3 is 19.7 Å². The number of hydrogen-bond donors (Lipinski definition) is 2. The molecule has 9 heteroatoms. The van der Waals surface area contributed by atoms with Crippen molar-refractivity contribution >= 4 is 22.8 Å². The van der Waals surface area contributed by atoms with E-state index in [-0.39, 0.29) is 47.6 Å². The van der Waals surface area contributed by atoms with E-state index in [1.54, 1.807) is 35.0 Å². The molecule has 2 N–H and O–H groups in total. The lowest BCUT2D eigenvalue weighted by atomic mass is 10.0. The van der Waals surface area contributed by atoms with Crippen LogP contribution in [0.25, 0.3) is 33.4 Å². The number of pyridine rings is 3. The lowest BCUT2D eigenvalue weighted by Crippen LogP contribution is -2.28. The fourth-order valence-corrected chi connectivity index (χ4v) is 4.49. The van der Waals surface area contributed by atoms with Gasteiger partial charge >= 0.3 is 5.97 Å². The van der Waals surface area contributed by atoms with Crippen molar-refractivity contribution in [3.05, 3.63) is 113 Å². The number of benzene rings is 2. The largest absolute Gasteiger partial charge is 0.505 e. The Kier molecular flexibility index (Phi) is 7.63. The number of ether oxygens (including phenoxy) is 1. The molecular formula is C31H26N4O5. The summed E-state index contributed by atoms with van der Waals surface area (Å²) in [6, 6.07) is 25.4. The van der Waals surface area contributed by atoms with Crippen molar-refractivity contribution in [3.8, 4) is 28.3 Å². The summed E-state index contributed by atoms with van der Waals surface area (Å²) >= 11 is 0. The molecule has 9 nitrogen and oxygen atoms in total. The van der Waals surface area contributed by atoms with Gasteiger partial charge in [-0.15, -0.1) is 0 Å². The molecule has 3 heterocycles. The highest BCUT2D eigenvalue weighted by Gasteiger charge is 2.25. The van der Waals surface area contributed by atoms with Gasteiger partial charge in [0.2, 0.25) is 0 Å². The Hall–Kier alpha value is -5.31. The van der Waals surface area contributed by atoms with Crippen LogP contribution in [0.2, 0.25) is 0 Å². The molecule has 1 amide bonds. The van der Waals surface area contributed by atoms with Crippen molar-refractivity contribution in [2.24, 2.45) is 0 Å². The molecule has 3 aromatic heterocycles. The zero-order chi connectivity index (χ0) is 28.1. The second kappa shape index (κ2) is 11.6. The predicted molar refractivity (Wildman–Crippen MR) is 151 cm³/mol. The SMILES string of the molecule is COC(=O)CCNC(=O)c1nc(-c2ccccn2)c2c(cc(-c3ccccc3)c(=O)n2Cc2ccccc2)c1O. The Morgan fingerprint density at radius 1 is 0.975 bits per heavy atom. The van der Waals surface area contributed by atoms with Crippen LogP contribution in [0, 0.1) is 0 Å². The molecule has 0 aliphatic heterocycles. The molecule has 0 spiro atoms. The van der Waals surface area contributed by atoms with Gasteiger partial charge in [0, 0.05) is 23.7 Å². The lowest BCUT2D eigenvalue weighted by Gasteiger charge is -2.18. The summed E-state index contributed by atoms with van der Waals surface area (Å²) in [6.45, 7) is 0.189. The van der Waals surface area contributed by atoms with E-state index in [1.807, 2.05) is 60.7 Å². The molecule has 0 aliphatic carbocycles. The highest BCUT2D eigenvalue weighted by atomic mass is 16.5. The maximum atomic E-state index is 14.0. The van der Waals surface area contributed by atoms with Gasteiger partial charge in [-0.3, -0.25) is 19.4 Å². The van der Waals surface area contributed by atoms with Crippen LogP contribution in [0.3, 0.4) is 0 Å². The predicted octanol–water partition coefficient (Wildman–Crippen LogP) is 4.17. The highest BCUT2D eigenvalue weighted by Crippen LogP contribution is 2.35. The summed E-state index contributed by atoms with van der Waals surface area (Å²) in [4.78, 5) is 47.7. The topological polar surface area (TPSA) is 123 Å². The number of carbonyl (C=O) groups is 2. The molecule has 2 aromatic carbocycles. The number of esters is 1. The van der Waals surface area contributed by atoms with Crippen molar-refractivity contribution in [1.82, 2.24) is 19.9 Å². The van der Waals surface area contributed by atoms with Crippen LogP contribution in [-0.2, 0) is 16.1 Å². The normalized spacial score (nSPS) is 10.8. The Morgan fingerprint density at radius 3 is 2.35 bits per heavy atom. The average molecular weight is 535 g/mol. The van der Waals surface area contributed by atoms with E-state index in [0.717, 1.165) is 5.56 Å². The number of amides is 1. The summed E-state index contributed by atoms with van der Waals surface area (Å²) in [6.07, 6.45) is 1.54. The van der Waals surface area contributed by atoms with Crippen LogP contribution in [0.15, 0.2) is 95.9 Å². The molecule has 0 aliphatic rings. The summed E-state index contributed by atoms with van der Waals surface area (Å²) in [7, 11) is 1.26. The average Bonchev–Trinajstić information content (AvgIpc) is 2.99. The number of rotatable bonds is 8. The Bertz CT molecular complexity index is 1740. The van der Waals surface area contributed by atoms with Crippen molar-refractivity contribution in [3.63, 3.8) is 0 Å². The quantitative estimate of drug-likeness (QED) is 0.286. The van der Waals surface area contributed by atoms with Crippen LogP contribution >= 0.6 is 0 Å². The minimum absolute atomic E-state index is 0.00758. The first-order valence-electron chi connectivity index (χ1n) is 12.6. The second-order valence-electron chi connectivity index (χ2n) is 9.02. The van der Waals surface area contributed by atoms with Gasteiger partial charge in [0.15, 0.2) is 11.4 Å². The zero-order valence-electron chi connectivity index (χ0n) is 21.7. The van der Waals surface area contributed by atoms with Gasteiger partial charge in [-0.25, -0.2) is 4.98 Å². The number of aromatic hydroxyl groups is 1. The number of aromatic nitrogens is 3. The van der Waals surface area contributed by atoms with E-state index in [1.165, 1.54) is 7.11 Å². The fourth-order valence-electron chi connectivity index (χ4n) is 4.49. The molecule has 0 bridgehead atoms. The third-order valence-corrected chi connectivity index (χ3v) is 6.45. The van der Waals surface area contributed by atoms with Crippen molar-refractivity contribution in [2.75, 3.05) is 13.7 Å². The monoisotopic (exact) mass is 534 g/mol. The van der Waals surface area contributed by atoms with E-state index >= 15 is 0 Å². The second-order valence-corrected chi connectivity index (χ2v) is 9.02. The first-order valence-corrected chi connectivity index (χ1v) is 12.6. The number of nitrogens with zero attached hydrogens (tertiary/aromatic N) is 3. The third-order valence-electron chi connectivity index (χ3n) is 6.45. The van der Waals surface area contributed by atoms with Crippen molar-refractivity contribution in [2.45, 2.75) is 13.0 Å². The van der Waals surface area contributed by atoms with Gasteiger partial charge in [0.25, 0.3) is 11.5 Å². The molecule has 5 rings (SSSR count). The van der Waals surface area contributed by atoms with E-state index in [4.69, 9.17) is 0 Å². The molecule has 0 saturated heterocycles. The molecule has 0 unspecified atom stereocenters. The molecule has 0 atom stereocenters. The van der Waals surface area contributed by atoms with Crippen molar-refractivity contribution in [1.29, 1.82) is 0 Å². The Morgan fingerprint density at radius 2 is 1.68 bits per heavy atom. The van der Waals surface area contributed by atoms with Crippen LogP contribution < -0.4 is 10.9 Å². The van der Waals surface area contributed by atoms with Gasteiger partial charge in [-0.1, -0.05) is 66.7 Å². The highest BCUT2D eigenvalue weighted by molar-refractivity contribution is 6.05. The van der Waals surface area contributed by atoms with Gasteiger partial charge in [0.05, 0.1) is 31.3 Å². The summed E-state index contributed by atoms with van der Waals surface area (Å²) < 4.78 is 6.19. The van der Waals surface area contributed by atoms with Gasteiger partial charge in [-0.2, -0.15) is 0 Å². The standard InChI is InChI=1S/C31H26N4O5/c1-40-25(36)15-17-33-30(38)27-29(37)23-18-22(21-12-6-3-7-13-21)31(39)35(19-20-10-4-2-5-11-20)28(23)26(34-27)24-14-8-9-16-32-24/h2-14,16,18,37H,15,17,19H2,1H3,(H,33,38). The summed E-state index contributed by atoms with van der Waals surface area (Å²) in [5.74, 6) is -1.55. The maximum absolute atomic E-state index is 14.0. The number of fused-ring (bicyclic) bond motifs is 1. The van der Waals surface area contributed by atoms with Crippen LogP contribution in [0.4, 0.5) is 0 Å². The number of nitrogens with one attached hydrogen (secondary N) is 1. The molecule has 0 saturated carbocycles. The van der Waals surface area contributed by atoms with Gasteiger partial charge in [-0.05, 0) is 29.3 Å².